The normalized spacial score (nSPS) is 24.4. The molecule has 1 N–H and O–H groups in total. The first kappa shape index (κ1) is 14.5. The van der Waals surface area contributed by atoms with E-state index in [-0.39, 0.29) is 11.8 Å². The molecular weight excluding hydrogens is 230 g/mol. The fourth-order valence-corrected chi connectivity index (χ4v) is 2.39. The summed E-state index contributed by atoms with van der Waals surface area (Å²) in [5.41, 5.74) is -0.517. The van der Waals surface area contributed by atoms with Crippen molar-refractivity contribution in [3.05, 3.63) is 0 Å². The molecule has 5 heteroatoms. The van der Waals surface area contributed by atoms with Crippen LogP contribution >= 0.6 is 0 Å². The van der Waals surface area contributed by atoms with Crippen molar-refractivity contribution in [3.8, 4) is 6.07 Å². The zero-order valence-corrected chi connectivity index (χ0v) is 11.3. The van der Waals surface area contributed by atoms with Crippen molar-refractivity contribution in [2.45, 2.75) is 33.1 Å². The molecule has 0 aliphatic carbocycles. The molecule has 2 amide bonds. The number of likely N-dealkylation sites (tertiary alicyclic amines) is 1. The Morgan fingerprint density at radius 3 is 2.72 bits per heavy atom. The summed E-state index contributed by atoms with van der Waals surface area (Å²) in [4.78, 5) is 25.5. The first-order valence-corrected chi connectivity index (χ1v) is 6.39. The first-order valence-electron chi connectivity index (χ1n) is 6.39. The third-order valence-corrected chi connectivity index (χ3v) is 3.59. The highest BCUT2D eigenvalue weighted by Crippen LogP contribution is 2.31. The van der Waals surface area contributed by atoms with E-state index >= 15 is 0 Å². The summed E-state index contributed by atoms with van der Waals surface area (Å²) >= 11 is 0. The maximum atomic E-state index is 12.1. The number of carbonyl (C=O) groups is 2. The van der Waals surface area contributed by atoms with Crippen LogP contribution in [-0.4, -0.2) is 36.9 Å². The van der Waals surface area contributed by atoms with Crippen LogP contribution in [0.15, 0.2) is 0 Å². The number of rotatable bonds is 4. The van der Waals surface area contributed by atoms with Gasteiger partial charge in [-0.15, -0.1) is 0 Å². The molecule has 1 aliphatic heterocycles. The number of nitrogens with one attached hydrogen (secondary N) is 1. The van der Waals surface area contributed by atoms with Crippen molar-refractivity contribution in [2.75, 3.05) is 20.1 Å². The van der Waals surface area contributed by atoms with Crippen LogP contribution in [0.5, 0.6) is 0 Å². The molecule has 1 saturated heterocycles. The van der Waals surface area contributed by atoms with Gasteiger partial charge in [0, 0.05) is 20.1 Å². The van der Waals surface area contributed by atoms with Gasteiger partial charge in [0.2, 0.25) is 11.8 Å². The Bertz CT molecular complexity index is 375. The fraction of sp³-hybridized carbons (Fsp3) is 0.769. The average Bonchev–Trinajstić information content (AvgIpc) is 2.78. The smallest absolute Gasteiger partial charge is 0.239 e. The van der Waals surface area contributed by atoms with Crippen molar-refractivity contribution < 1.29 is 9.59 Å². The van der Waals surface area contributed by atoms with E-state index < -0.39 is 11.3 Å². The lowest BCUT2D eigenvalue weighted by atomic mass is 9.89. The van der Waals surface area contributed by atoms with Crippen LogP contribution in [0.4, 0.5) is 0 Å². The zero-order valence-electron chi connectivity index (χ0n) is 11.3. The van der Waals surface area contributed by atoms with Gasteiger partial charge < -0.3 is 10.2 Å². The second-order valence-corrected chi connectivity index (χ2v) is 5.12. The summed E-state index contributed by atoms with van der Waals surface area (Å²) in [5, 5.41) is 11.6. The lowest BCUT2D eigenvalue weighted by Crippen LogP contribution is -2.41. The molecule has 0 radical (unpaired) electrons. The molecule has 100 valence electrons. The Labute approximate surface area is 108 Å². The van der Waals surface area contributed by atoms with Crippen LogP contribution in [0.1, 0.15) is 33.1 Å². The number of nitriles is 1. The van der Waals surface area contributed by atoms with Crippen molar-refractivity contribution in [1.29, 1.82) is 5.26 Å². The van der Waals surface area contributed by atoms with Gasteiger partial charge in [0.15, 0.2) is 0 Å². The minimum atomic E-state index is -0.568. The predicted octanol–water partition coefficient (Wildman–Crippen LogP) is 0.911. The highest BCUT2D eigenvalue weighted by atomic mass is 16.2. The molecule has 1 rings (SSSR count). The minimum absolute atomic E-state index is 0.0400. The van der Waals surface area contributed by atoms with Gasteiger partial charge in [-0.3, -0.25) is 9.59 Å². The number of carbonyl (C=O) groups excluding carboxylic acids is 2. The largest absolute Gasteiger partial charge is 0.359 e. The predicted molar refractivity (Wildman–Crippen MR) is 67.4 cm³/mol. The van der Waals surface area contributed by atoms with E-state index in [9.17, 15) is 9.59 Å². The van der Waals surface area contributed by atoms with E-state index in [1.54, 1.807) is 11.9 Å². The van der Waals surface area contributed by atoms with Gasteiger partial charge in [0.25, 0.3) is 0 Å². The van der Waals surface area contributed by atoms with Crippen molar-refractivity contribution in [1.82, 2.24) is 10.2 Å². The van der Waals surface area contributed by atoms with E-state index in [0.29, 0.717) is 25.9 Å². The molecule has 0 spiro atoms. The second-order valence-electron chi connectivity index (χ2n) is 5.12. The Hall–Kier alpha value is -1.57. The van der Waals surface area contributed by atoms with E-state index in [4.69, 9.17) is 5.26 Å². The molecule has 1 heterocycles. The third-order valence-electron chi connectivity index (χ3n) is 3.59. The van der Waals surface area contributed by atoms with E-state index in [0.717, 1.165) is 6.42 Å². The molecule has 2 unspecified atom stereocenters. The summed E-state index contributed by atoms with van der Waals surface area (Å²) in [6, 6.07) is 2.06. The summed E-state index contributed by atoms with van der Waals surface area (Å²) in [6.45, 7) is 4.79. The molecule has 18 heavy (non-hydrogen) atoms. The molecule has 2 atom stereocenters. The molecular formula is C13H21N3O2. The quantitative estimate of drug-likeness (QED) is 0.807. The lowest BCUT2D eigenvalue weighted by molar-refractivity contribution is -0.134. The molecule has 0 aromatic rings. The third kappa shape index (κ3) is 2.81. The molecule has 1 aliphatic rings. The number of hydrogen-bond acceptors (Lipinski definition) is 3. The van der Waals surface area contributed by atoms with E-state index in [1.165, 1.54) is 0 Å². The Kier molecular flexibility index (Phi) is 4.71. The Morgan fingerprint density at radius 2 is 2.22 bits per heavy atom. The van der Waals surface area contributed by atoms with Crippen LogP contribution < -0.4 is 5.32 Å². The van der Waals surface area contributed by atoms with Crippen LogP contribution in [-0.2, 0) is 9.59 Å². The van der Waals surface area contributed by atoms with Gasteiger partial charge >= 0.3 is 0 Å². The SMILES string of the molecule is CCCC(C#N)C(=O)N1CCC(C)(C(=O)NC)C1. The van der Waals surface area contributed by atoms with Crippen LogP contribution in [0.3, 0.4) is 0 Å². The van der Waals surface area contributed by atoms with Gasteiger partial charge in [0.05, 0.1) is 11.5 Å². The number of nitrogens with zero attached hydrogens (tertiary/aromatic N) is 2. The molecule has 5 nitrogen and oxygen atoms in total. The van der Waals surface area contributed by atoms with Crippen molar-refractivity contribution in [2.24, 2.45) is 11.3 Å². The second kappa shape index (κ2) is 5.85. The number of amides is 2. The molecule has 1 fully saturated rings. The molecule has 0 aromatic carbocycles. The van der Waals surface area contributed by atoms with Crippen molar-refractivity contribution in [3.63, 3.8) is 0 Å². The summed E-state index contributed by atoms with van der Waals surface area (Å²) < 4.78 is 0. The van der Waals surface area contributed by atoms with Crippen LogP contribution in [0, 0.1) is 22.7 Å². The van der Waals surface area contributed by atoms with E-state index in [2.05, 4.69) is 11.4 Å². The topological polar surface area (TPSA) is 73.2 Å². The summed E-state index contributed by atoms with van der Waals surface area (Å²) in [6.07, 6.45) is 2.05. The maximum Gasteiger partial charge on any atom is 0.239 e. The van der Waals surface area contributed by atoms with Gasteiger partial charge in [-0.25, -0.2) is 0 Å². The zero-order chi connectivity index (χ0) is 13.8. The molecule has 0 bridgehead atoms. The van der Waals surface area contributed by atoms with E-state index in [1.807, 2.05) is 13.8 Å². The van der Waals surface area contributed by atoms with Gasteiger partial charge in [0.1, 0.15) is 5.92 Å². The first-order chi connectivity index (χ1) is 8.48. The maximum absolute atomic E-state index is 12.1. The van der Waals surface area contributed by atoms with Crippen LogP contribution in [0.2, 0.25) is 0 Å². The average molecular weight is 251 g/mol. The standard InChI is InChI=1S/C13H21N3O2/c1-4-5-10(8-14)11(17)16-7-6-13(2,9-16)12(18)15-3/h10H,4-7,9H2,1-3H3,(H,15,18). The lowest BCUT2D eigenvalue weighted by Gasteiger charge is -2.23. The summed E-state index contributed by atoms with van der Waals surface area (Å²) in [7, 11) is 1.60. The fourth-order valence-electron chi connectivity index (χ4n) is 2.39. The summed E-state index contributed by atoms with van der Waals surface area (Å²) in [5.74, 6) is -0.740. The highest BCUT2D eigenvalue weighted by Gasteiger charge is 2.42. The molecule has 0 aromatic heterocycles. The Morgan fingerprint density at radius 1 is 1.56 bits per heavy atom. The van der Waals surface area contributed by atoms with Gasteiger partial charge in [-0.1, -0.05) is 13.3 Å². The van der Waals surface area contributed by atoms with Gasteiger partial charge in [-0.05, 0) is 19.8 Å². The minimum Gasteiger partial charge on any atom is -0.359 e. The monoisotopic (exact) mass is 251 g/mol. The van der Waals surface area contributed by atoms with Gasteiger partial charge in [-0.2, -0.15) is 5.26 Å². The Balaban J connectivity index is 2.69. The van der Waals surface area contributed by atoms with Crippen LogP contribution in [0.25, 0.3) is 0 Å². The number of hydrogen-bond donors (Lipinski definition) is 1. The highest BCUT2D eigenvalue weighted by molar-refractivity contribution is 5.86. The molecule has 0 saturated carbocycles. The van der Waals surface area contributed by atoms with Crippen molar-refractivity contribution >= 4 is 11.8 Å².